The van der Waals surface area contributed by atoms with Crippen LogP contribution < -0.4 is 15.3 Å². The highest BCUT2D eigenvalue weighted by molar-refractivity contribution is 7.92. The van der Waals surface area contributed by atoms with Crippen LogP contribution in [-0.2, 0) is 29.2 Å². The van der Waals surface area contributed by atoms with Crippen molar-refractivity contribution in [2.45, 2.75) is 52.2 Å². The molecular weight excluding hydrogens is 518 g/mol. The van der Waals surface area contributed by atoms with Gasteiger partial charge in [0.05, 0.1) is 23.8 Å². The van der Waals surface area contributed by atoms with Crippen LogP contribution in [0.3, 0.4) is 0 Å². The van der Waals surface area contributed by atoms with Gasteiger partial charge in [-0.15, -0.1) is 0 Å². The number of carbonyl (C=O) groups is 2. The van der Waals surface area contributed by atoms with Crippen LogP contribution in [0.5, 0.6) is 0 Å². The zero-order valence-electron chi connectivity index (χ0n) is 22.8. The van der Waals surface area contributed by atoms with Crippen molar-refractivity contribution in [2.24, 2.45) is 17.8 Å². The van der Waals surface area contributed by atoms with Crippen molar-refractivity contribution in [3.63, 3.8) is 0 Å². The number of amides is 2. The molecule has 0 bridgehead atoms. The van der Waals surface area contributed by atoms with Crippen LogP contribution in [0.4, 0.5) is 5.69 Å². The third kappa shape index (κ3) is 9.80. The van der Waals surface area contributed by atoms with Crippen molar-refractivity contribution in [3.05, 3.63) is 72.3 Å². The molecule has 0 spiro atoms. The van der Waals surface area contributed by atoms with E-state index in [0.717, 1.165) is 29.1 Å². The topological polar surface area (TPSA) is 114 Å². The van der Waals surface area contributed by atoms with Crippen LogP contribution in [0.2, 0.25) is 0 Å². The highest BCUT2D eigenvalue weighted by atomic mass is 32.2. The highest BCUT2D eigenvalue weighted by Crippen LogP contribution is 2.27. The standard InChI is InChI=1S/C29H39N3O6S/c1-22(2)21-26(28(33)30-32(39(3,35)36)24-16-8-5-9-17-24)25(18-12-15-23-13-6-4-7-14-23)29(34)31-38-27-19-10-11-20-37-27/h4-9,12-17,22,25-27H,10-11,18-21H2,1-3H3,(H,30,33)(H,31,34)/t25-,26+,27?/m0/s1. The molecule has 1 fully saturated rings. The van der Waals surface area contributed by atoms with Gasteiger partial charge in [-0.3, -0.25) is 15.0 Å². The number of allylic oxidation sites excluding steroid dienone is 1. The Bertz CT molecular complexity index is 1180. The predicted octanol–water partition coefficient (Wildman–Crippen LogP) is 4.44. The van der Waals surface area contributed by atoms with Crippen molar-refractivity contribution in [1.29, 1.82) is 0 Å². The lowest BCUT2D eigenvalue weighted by atomic mass is 9.82. The second-order valence-electron chi connectivity index (χ2n) is 10.1. The number of carbonyl (C=O) groups excluding carboxylic acids is 2. The molecule has 1 unspecified atom stereocenters. The maximum absolute atomic E-state index is 13.7. The van der Waals surface area contributed by atoms with E-state index in [1.54, 1.807) is 30.3 Å². The van der Waals surface area contributed by atoms with E-state index in [-0.39, 0.29) is 12.3 Å². The van der Waals surface area contributed by atoms with Crippen LogP contribution in [0.1, 0.15) is 51.5 Å². The molecule has 0 aromatic heterocycles. The molecule has 2 aromatic rings. The first-order chi connectivity index (χ1) is 18.6. The Morgan fingerprint density at radius 2 is 1.69 bits per heavy atom. The molecule has 1 saturated heterocycles. The number of rotatable bonds is 13. The van der Waals surface area contributed by atoms with E-state index in [0.29, 0.717) is 25.1 Å². The van der Waals surface area contributed by atoms with E-state index in [9.17, 15) is 18.0 Å². The number of ether oxygens (including phenoxy) is 1. The van der Waals surface area contributed by atoms with Gasteiger partial charge in [0.2, 0.25) is 21.8 Å². The smallest absolute Gasteiger partial charge is 0.249 e. The summed E-state index contributed by atoms with van der Waals surface area (Å²) >= 11 is 0. The summed E-state index contributed by atoms with van der Waals surface area (Å²) in [7, 11) is -3.85. The lowest BCUT2D eigenvalue weighted by Gasteiger charge is -2.30. The predicted molar refractivity (Wildman–Crippen MR) is 151 cm³/mol. The van der Waals surface area contributed by atoms with Crippen molar-refractivity contribution in [3.8, 4) is 0 Å². The highest BCUT2D eigenvalue weighted by Gasteiger charge is 2.36. The lowest BCUT2D eigenvalue weighted by molar-refractivity contribution is -0.203. The SMILES string of the molecule is CC(C)C[C@@H](C(=O)NN(c1ccccc1)S(C)(=O)=O)[C@H](CC=Cc1ccccc1)C(=O)NOC1CCCCO1. The van der Waals surface area contributed by atoms with Crippen molar-refractivity contribution in [2.75, 3.05) is 17.3 Å². The van der Waals surface area contributed by atoms with E-state index in [1.165, 1.54) is 0 Å². The molecule has 2 aromatic carbocycles. The van der Waals surface area contributed by atoms with E-state index < -0.39 is 40.0 Å². The van der Waals surface area contributed by atoms with E-state index in [1.807, 2.05) is 56.3 Å². The Morgan fingerprint density at radius 3 is 2.28 bits per heavy atom. The average molecular weight is 558 g/mol. The summed E-state index contributed by atoms with van der Waals surface area (Å²) < 4.78 is 31.6. The third-order valence-electron chi connectivity index (χ3n) is 6.35. The van der Waals surface area contributed by atoms with Gasteiger partial charge in [0.25, 0.3) is 0 Å². The first kappa shape index (κ1) is 30.3. The van der Waals surface area contributed by atoms with Crippen LogP contribution in [0.15, 0.2) is 66.7 Å². The molecule has 10 heteroatoms. The first-order valence-electron chi connectivity index (χ1n) is 13.3. The second kappa shape index (κ2) is 14.8. The normalized spacial score (nSPS) is 17.5. The number of sulfonamides is 1. The molecule has 0 saturated carbocycles. The molecule has 2 amide bonds. The van der Waals surface area contributed by atoms with Crippen molar-refractivity contribution >= 4 is 33.6 Å². The molecular formula is C29H39N3O6S. The molecule has 212 valence electrons. The van der Waals surface area contributed by atoms with Crippen LogP contribution >= 0.6 is 0 Å². The minimum absolute atomic E-state index is 0.0557. The minimum Gasteiger partial charge on any atom is -0.350 e. The molecule has 3 rings (SSSR count). The van der Waals surface area contributed by atoms with Gasteiger partial charge in [0.1, 0.15) is 0 Å². The van der Waals surface area contributed by atoms with Gasteiger partial charge in [-0.25, -0.2) is 18.7 Å². The number of nitrogens with one attached hydrogen (secondary N) is 2. The van der Waals surface area contributed by atoms with Crippen molar-refractivity contribution in [1.82, 2.24) is 10.9 Å². The van der Waals surface area contributed by atoms with Gasteiger partial charge >= 0.3 is 0 Å². The number of hydrogen-bond acceptors (Lipinski definition) is 6. The maximum Gasteiger partial charge on any atom is 0.249 e. The van der Waals surface area contributed by atoms with E-state index in [4.69, 9.17) is 9.57 Å². The average Bonchev–Trinajstić information content (AvgIpc) is 2.92. The minimum atomic E-state index is -3.85. The summed E-state index contributed by atoms with van der Waals surface area (Å²) in [5.74, 6) is -2.64. The van der Waals surface area contributed by atoms with Gasteiger partial charge < -0.3 is 4.74 Å². The Labute approximate surface area is 231 Å². The van der Waals surface area contributed by atoms with Gasteiger partial charge in [-0.05, 0) is 49.3 Å². The number of benzene rings is 2. The van der Waals surface area contributed by atoms with Gasteiger partial charge in [0, 0.05) is 13.0 Å². The third-order valence-corrected chi connectivity index (χ3v) is 7.31. The summed E-state index contributed by atoms with van der Waals surface area (Å²) in [5.41, 5.74) is 6.33. The van der Waals surface area contributed by atoms with Crippen LogP contribution in [0, 0.1) is 17.8 Å². The summed E-state index contributed by atoms with van der Waals surface area (Å²) in [6, 6.07) is 17.9. The lowest BCUT2D eigenvalue weighted by Crippen LogP contribution is -2.51. The largest absolute Gasteiger partial charge is 0.350 e. The summed E-state index contributed by atoms with van der Waals surface area (Å²) in [6.07, 6.45) is 7.35. The van der Waals surface area contributed by atoms with Gasteiger partial charge in [-0.1, -0.05) is 74.5 Å². The molecule has 1 aliphatic heterocycles. The fourth-order valence-electron chi connectivity index (χ4n) is 4.42. The molecule has 2 N–H and O–H groups in total. The Kier molecular flexibility index (Phi) is 11.5. The number of para-hydroxylation sites is 1. The molecule has 3 atom stereocenters. The molecule has 9 nitrogen and oxygen atoms in total. The van der Waals surface area contributed by atoms with E-state index in [2.05, 4.69) is 10.9 Å². The quantitative estimate of drug-likeness (QED) is 0.352. The number of nitrogens with zero attached hydrogens (tertiary/aromatic N) is 1. The Balaban J connectivity index is 1.86. The number of anilines is 1. The van der Waals surface area contributed by atoms with Crippen LogP contribution in [0.25, 0.3) is 6.08 Å². The number of hydrazine groups is 1. The second-order valence-corrected chi connectivity index (χ2v) is 11.9. The fourth-order valence-corrected chi connectivity index (χ4v) is 5.18. The number of hydroxylamine groups is 1. The number of hydrogen-bond donors (Lipinski definition) is 2. The first-order valence-corrected chi connectivity index (χ1v) is 15.1. The molecule has 1 aliphatic rings. The zero-order chi connectivity index (χ0) is 28.3. The molecule has 39 heavy (non-hydrogen) atoms. The van der Waals surface area contributed by atoms with Gasteiger partial charge in [0.15, 0.2) is 6.29 Å². The fraction of sp³-hybridized carbons (Fsp3) is 0.448. The molecule has 0 radical (unpaired) electrons. The Hall–Kier alpha value is -3.21. The monoisotopic (exact) mass is 557 g/mol. The summed E-state index contributed by atoms with van der Waals surface area (Å²) in [4.78, 5) is 32.7. The van der Waals surface area contributed by atoms with Gasteiger partial charge in [-0.2, -0.15) is 4.41 Å². The maximum atomic E-state index is 13.7. The molecule has 0 aliphatic carbocycles. The van der Waals surface area contributed by atoms with E-state index >= 15 is 0 Å². The van der Waals surface area contributed by atoms with Crippen molar-refractivity contribution < 1.29 is 27.6 Å². The van der Waals surface area contributed by atoms with Crippen LogP contribution in [-0.4, -0.2) is 39.4 Å². The molecule has 1 heterocycles. The zero-order valence-corrected chi connectivity index (χ0v) is 23.6. The Morgan fingerprint density at radius 1 is 1.03 bits per heavy atom. The summed E-state index contributed by atoms with van der Waals surface area (Å²) in [6.45, 7) is 4.46. The summed E-state index contributed by atoms with van der Waals surface area (Å²) in [5, 5.41) is 0.